The number of pyridine rings is 1. The second-order valence-electron chi connectivity index (χ2n) is 6.44. The molecule has 1 N–H and O–H groups in total. The van der Waals surface area contributed by atoms with Crippen LogP contribution in [-0.2, 0) is 0 Å². The topological polar surface area (TPSA) is 71.0 Å². The number of carbonyl (C=O) groups excluding carboxylic acids is 1. The largest absolute Gasteiger partial charge is 0.356 e. The van der Waals surface area contributed by atoms with E-state index < -0.39 is 0 Å². The first-order valence-electron chi connectivity index (χ1n) is 8.68. The van der Waals surface area contributed by atoms with Gasteiger partial charge < -0.3 is 10.2 Å². The number of carbonyl (C=O) groups is 1. The van der Waals surface area contributed by atoms with E-state index in [0.717, 1.165) is 42.7 Å². The van der Waals surface area contributed by atoms with Crippen molar-refractivity contribution in [1.82, 2.24) is 20.3 Å². The van der Waals surface area contributed by atoms with Gasteiger partial charge in [0.05, 0.1) is 11.1 Å². The lowest BCUT2D eigenvalue weighted by Gasteiger charge is -2.33. The van der Waals surface area contributed by atoms with E-state index in [4.69, 9.17) is 23.2 Å². The molecule has 3 aromatic rings. The fourth-order valence-corrected chi connectivity index (χ4v) is 3.69. The minimum atomic E-state index is -0.186. The highest BCUT2D eigenvalue weighted by Gasteiger charge is 2.24. The first-order valence-corrected chi connectivity index (χ1v) is 9.44. The summed E-state index contributed by atoms with van der Waals surface area (Å²) in [5, 5.41) is 4.91. The highest BCUT2D eigenvalue weighted by molar-refractivity contribution is 6.32. The van der Waals surface area contributed by atoms with E-state index in [-0.39, 0.29) is 17.1 Å². The second-order valence-corrected chi connectivity index (χ2v) is 7.23. The zero-order chi connectivity index (χ0) is 18.8. The van der Waals surface area contributed by atoms with Gasteiger partial charge in [-0.3, -0.25) is 4.79 Å². The van der Waals surface area contributed by atoms with Crippen molar-refractivity contribution in [3.63, 3.8) is 0 Å². The number of nitrogens with one attached hydrogen (secondary N) is 1. The number of amides is 1. The molecule has 1 amide bonds. The van der Waals surface area contributed by atoms with E-state index in [0.29, 0.717) is 10.6 Å². The van der Waals surface area contributed by atoms with Gasteiger partial charge in [0.2, 0.25) is 0 Å². The Morgan fingerprint density at radius 3 is 2.70 bits per heavy atom. The summed E-state index contributed by atoms with van der Waals surface area (Å²) in [6.07, 6.45) is 4.77. The van der Waals surface area contributed by atoms with Crippen molar-refractivity contribution >= 4 is 45.8 Å². The molecule has 1 aliphatic heterocycles. The fourth-order valence-electron chi connectivity index (χ4n) is 3.32. The molecule has 1 aromatic carbocycles. The number of aromatic nitrogens is 3. The summed E-state index contributed by atoms with van der Waals surface area (Å²) in [7, 11) is 0. The zero-order valence-corrected chi connectivity index (χ0v) is 15.9. The van der Waals surface area contributed by atoms with Crippen LogP contribution < -0.4 is 10.2 Å². The lowest BCUT2D eigenvalue weighted by Crippen LogP contribution is -2.45. The van der Waals surface area contributed by atoms with Crippen LogP contribution >= 0.6 is 23.2 Å². The molecule has 2 aromatic heterocycles. The Balaban J connectivity index is 1.44. The van der Waals surface area contributed by atoms with Crippen LogP contribution in [0.25, 0.3) is 10.9 Å². The Hall–Kier alpha value is -2.44. The van der Waals surface area contributed by atoms with Crippen molar-refractivity contribution in [2.24, 2.45) is 0 Å². The quantitative estimate of drug-likeness (QED) is 0.676. The highest BCUT2D eigenvalue weighted by Crippen LogP contribution is 2.27. The fraction of sp³-hybridized carbons (Fsp3) is 0.263. The van der Waals surface area contributed by atoms with Gasteiger partial charge >= 0.3 is 0 Å². The van der Waals surface area contributed by atoms with Gasteiger partial charge in [-0.15, -0.1) is 0 Å². The summed E-state index contributed by atoms with van der Waals surface area (Å²) >= 11 is 12.1. The normalized spacial score (nSPS) is 15.1. The van der Waals surface area contributed by atoms with Crippen molar-refractivity contribution in [2.45, 2.75) is 18.9 Å². The summed E-state index contributed by atoms with van der Waals surface area (Å²) in [5.74, 6) is 0.713. The minimum Gasteiger partial charge on any atom is -0.356 e. The number of piperidine rings is 1. The third kappa shape index (κ3) is 3.82. The van der Waals surface area contributed by atoms with Gasteiger partial charge in [0.15, 0.2) is 0 Å². The van der Waals surface area contributed by atoms with Crippen molar-refractivity contribution in [1.29, 1.82) is 0 Å². The van der Waals surface area contributed by atoms with Gasteiger partial charge in [0, 0.05) is 35.7 Å². The third-order valence-corrected chi connectivity index (χ3v) is 5.25. The molecule has 27 heavy (non-hydrogen) atoms. The van der Waals surface area contributed by atoms with Crippen LogP contribution in [0.3, 0.4) is 0 Å². The molecule has 0 spiro atoms. The number of benzene rings is 1. The smallest absolute Gasteiger partial charge is 0.254 e. The van der Waals surface area contributed by atoms with Crippen LogP contribution in [-0.4, -0.2) is 40.0 Å². The van der Waals surface area contributed by atoms with Gasteiger partial charge in [0.25, 0.3) is 5.91 Å². The summed E-state index contributed by atoms with van der Waals surface area (Å²) in [4.78, 5) is 27.3. The van der Waals surface area contributed by atoms with Gasteiger partial charge in [-0.25, -0.2) is 15.0 Å². The number of nitrogens with zero attached hydrogens (tertiary/aromatic N) is 4. The van der Waals surface area contributed by atoms with Crippen LogP contribution in [0.5, 0.6) is 0 Å². The average Bonchev–Trinajstić information content (AvgIpc) is 2.68. The number of halogens is 2. The molecule has 8 heteroatoms. The maximum Gasteiger partial charge on any atom is 0.254 e. The Kier molecular flexibility index (Phi) is 5.09. The molecule has 6 nitrogen and oxygen atoms in total. The molecular weight excluding hydrogens is 385 g/mol. The van der Waals surface area contributed by atoms with E-state index in [1.807, 2.05) is 18.2 Å². The lowest BCUT2D eigenvalue weighted by molar-refractivity contribution is 0.0931. The minimum absolute atomic E-state index is 0.0903. The molecule has 1 saturated heterocycles. The van der Waals surface area contributed by atoms with E-state index in [1.165, 1.54) is 0 Å². The van der Waals surface area contributed by atoms with Crippen molar-refractivity contribution in [2.75, 3.05) is 18.0 Å². The maximum atomic E-state index is 12.4. The zero-order valence-electron chi connectivity index (χ0n) is 14.4. The molecule has 4 rings (SSSR count). The summed E-state index contributed by atoms with van der Waals surface area (Å²) in [5.41, 5.74) is 1.23. The summed E-state index contributed by atoms with van der Waals surface area (Å²) < 4.78 is 0. The molecule has 0 bridgehead atoms. The summed E-state index contributed by atoms with van der Waals surface area (Å²) in [6, 6.07) is 9.11. The number of hydrogen-bond donors (Lipinski definition) is 1. The highest BCUT2D eigenvalue weighted by atomic mass is 35.5. The molecule has 1 aliphatic rings. The van der Waals surface area contributed by atoms with E-state index >= 15 is 0 Å². The number of anilines is 1. The Morgan fingerprint density at radius 1 is 1.11 bits per heavy atom. The summed E-state index contributed by atoms with van der Waals surface area (Å²) in [6.45, 7) is 1.58. The molecule has 138 valence electrons. The van der Waals surface area contributed by atoms with Crippen LogP contribution in [0.4, 0.5) is 5.82 Å². The van der Waals surface area contributed by atoms with Crippen molar-refractivity contribution in [3.05, 3.63) is 58.6 Å². The molecule has 0 atom stereocenters. The SMILES string of the molecule is O=C(NC1CCN(c2ncnc3cc(Cl)ccc23)CC1)c1cccnc1Cl. The molecule has 1 fully saturated rings. The monoisotopic (exact) mass is 401 g/mol. The first kappa shape index (κ1) is 17.9. The second kappa shape index (κ2) is 7.66. The molecular formula is C19H17Cl2N5O. The number of fused-ring (bicyclic) bond motifs is 1. The Labute approximate surface area is 166 Å². The predicted octanol–water partition coefficient (Wildman–Crippen LogP) is 3.73. The van der Waals surface area contributed by atoms with Gasteiger partial charge in [-0.05, 0) is 43.2 Å². The van der Waals surface area contributed by atoms with Gasteiger partial charge in [-0.1, -0.05) is 23.2 Å². The van der Waals surface area contributed by atoms with E-state index in [1.54, 1.807) is 24.7 Å². The first-order chi connectivity index (χ1) is 13.1. The van der Waals surface area contributed by atoms with Gasteiger partial charge in [-0.2, -0.15) is 0 Å². The van der Waals surface area contributed by atoms with Gasteiger partial charge in [0.1, 0.15) is 17.3 Å². The maximum absolute atomic E-state index is 12.4. The lowest BCUT2D eigenvalue weighted by atomic mass is 10.0. The van der Waals surface area contributed by atoms with Crippen LogP contribution in [0.15, 0.2) is 42.9 Å². The van der Waals surface area contributed by atoms with E-state index in [9.17, 15) is 4.79 Å². The number of hydrogen-bond acceptors (Lipinski definition) is 5. The van der Waals surface area contributed by atoms with Crippen LogP contribution in [0, 0.1) is 0 Å². The van der Waals surface area contributed by atoms with E-state index in [2.05, 4.69) is 25.2 Å². The molecule has 0 radical (unpaired) electrons. The van der Waals surface area contributed by atoms with Crippen LogP contribution in [0.2, 0.25) is 10.2 Å². The standard InChI is InChI=1S/C19H17Cl2N5O/c20-12-3-4-14-16(10-12)23-11-24-18(14)26-8-5-13(6-9-26)25-19(27)15-2-1-7-22-17(15)21/h1-4,7,10-11,13H,5-6,8-9H2,(H,25,27). The molecule has 0 aliphatic carbocycles. The molecule has 3 heterocycles. The Bertz CT molecular complexity index is 989. The van der Waals surface area contributed by atoms with Crippen LogP contribution in [0.1, 0.15) is 23.2 Å². The molecule has 0 unspecified atom stereocenters. The predicted molar refractivity (Wildman–Crippen MR) is 106 cm³/mol. The van der Waals surface area contributed by atoms with Crippen molar-refractivity contribution in [3.8, 4) is 0 Å². The molecule has 0 saturated carbocycles. The number of rotatable bonds is 3. The third-order valence-electron chi connectivity index (χ3n) is 4.71. The average molecular weight is 402 g/mol. The van der Waals surface area contributed by atoms with Crippen molar-refractivity contribution < 1.29 is 4.79 Å². The Morgan fingerprint density at radius 2 is 1.93 bits per heavy atom.